The van der Waals surface area contributed by atoms with Crippen LogP contribution in [0.5, 0.6) is 0 Å². The van der Waals surface area contributed by atoms with Crippen LogP contribution in [0.3, 0.4) is 0 Å². The van der Waals surface area contributed by atoms with Gasteiger partial charge in [0.05, 0.1) is 0 Å². The van der Waals surface area contributed by atoms with Crippen molar-refractivity contribution in [3.8, 4) is 0 Å². The van der Waals surface area contributed by atoms with Crippen LogP contribution >= 0.6 is 0 Å². The van der Waals surface area contributed by atoms with Crippen LogP contribution in [-0.4, -0.2) is 64.5 Å². The SMILES string of the molecule is C=C(C)CN1CCN([C@@H](C(=O)O)c2c[nH]c3ccc(NC(=O)C(C)C)cc23)CC1. The number of anilines is 1. The molecule has 2 aromatic rings. The van der Waals surface area contributed by atoms with Gasteiger partial charge in [0.2, 0.25) is 5.91 Å². The average molecular weight is 399 g/mol. The van der Waals surface area contributed by atoms with Gasteiger partial charge in [0, 0.05) is 67.0 Å². The van der Waals surface area contributed by atoms with Crippen molar-refractivity contribution in [2.24, 2.45) is 5.92 Å². The summed E-state index contributed by atoms with van der Waals surface area (Å²) in [6, 6.07) is 4.83. The number of H-pyrrole nitrogens is 1. The summed E-state index contributed by atoms with van der Waals surface area (Å²) in [5, 5.41) is 13.7. The number of hydrogen-bond acceptors (Lipinski definition) is 4. The molecule has 29 heavy (non-hydrogen) atoms. The van der Waals surface area contributed by atoms with Gasteiger partial charge in [-0.2, -0.15) is 0 Å². The molecule has 0 aliphatic carbocycles. The van der Waals surface area contributed by atoms with Gasteiger partial charge in [-0.15, -0.1) is 0 Å². The Bertz CT molecular complexity index is 910. The first kappa shape index (κ1) is 21.1. The molecule has 1 fully saturated rings. The number of nitrogens with zero attached hydrogens (tertiary/aromatic N) is 2. The number of carbonyl (C=O) groups excluding carboxylic acids is 1. The predicted octanol–water partition coefficient (Wildman–Crippen LogP) is 3.08. The van der Waals surface area contributed by atoms with Crippen LogP contribution < -0.4 is 5.32 Å². The molecule has 1 amide bonds. The van der Waals surface area contributed by atoms with E-state index in [9.17, 15) is 14.7 Å². The molecule has 1 aliphatic heterocycles. The van der Waals surface area contributed by atoms with Gasteiger partial charge in [0.15, 0.2) is 0 Å². The highest BCUT2D eigenvalue weighted by Gasteiger charge is 2.32. The molecule has 0 saturated carbocycles. The largest absolute Gasteiger partial charge is 0.480 e. The molecule has 1 saturated heterocycles. The molecular formula is C22H30N4O3. The summed E-state index contributed by atoms with van der Waals surface area (Å²) in [5.74, 6) is -1.06. The van der Waals surface area contributed by atoms with Gasteiger partial charge in [0.1, 0.15) is 6.04 Å². The zero-order valence-corrected chi connectivity index (χ0v) is 17.4. The van der Waals surface area contributed by atoms with E-state index < -0.39 is 12.0 Å². The molecule has 0 unspecified atom stereocenters. The quantitative estimate of drug-likeness (QED) is 0.624. The number of aromatic amines is 1. The van der Waals surface area contributed by atoms with Crippen LogP contribution in [0.4, 0.5) is 5.69 Å². The number of hydrogen-bond donors (Lipinski definition) is 3. The van der Waals surface area contributed by atoms with E-state index in [0.717, 1.165) is 41.7 Å². The number of carbonyl (C=O) groups is 2. The molecule has 3 N–H and O–H groups in total. The third-order valence-electron chi connectivity index (χ3n) is 5.30. The molecule has 1 aromatic carbocycles. The first-order chi connectivity index (χ1) is 13.8. The van der Waals surface area contributed by atoms with E-state index in [1.807, 2.05) is 43.9 Å². The Labute approximate surface area is 171 Å². The molecule has 3 rings (SSSR count). The maximum Gasteiger partial charge on any atom is 0.325 e. The van der Waals surface area contributed by atoms with Crippen LogP contribution in [0, 0.1) is 5.92 Å². The maximum absolute atomic E-state index is 12.2. The Kier molecular flexibility index (Phi) is 6.39. The lowest BCUT2D eigenvalue weighted by Gasteiger charge is -2.37. The standard InChI is InChI=1S/C22H30N4O3/c1-14(2)13-25-7-9-26(10-8-25)20(22(28)29)18-12-23-19-6-5-16(11-17(18)19)24-21(27)15(3)4/h5-6,11-12,15,20,23H,1,7-10,13H2,2-4H3,(H,24,27)(H,28,29)/t20-/m1/s1. The van der Waals surface area contributed by atoms with E-state index >= 15 is 0 Å². The number of carboxylic acids is 1. The lowest BCUT2D eigenvalue weighted by Crippen LogP contribution is -2.49. The minimum Gasteiger partial charge on any atom is -0.480 e. The van der Waals surface area contributed by atoms with Crippen molar-refractivity contribution < 1.29 is 14.7 Å². The van der Waals surface area contributed by atoms with E-state index in [1.54, 1.807) is 6.20 Å². The third kappa shape index (κ3) is 4.86. The minimum absolute atomic E-state index is 0.0649. The Morgan fingerprint density at radius 3 is 2.52 bits per heavy atom. The molecule has 1 atom stereocenters. The number of fused-ring (bicyclic) bond motifs is 1. The fourth-order valence-corrected chi connectivity index (χ4v) is 3.78. The Balaban J connectivity index is 1.85. The van der Waals surface area contributed by atoms with Gasteiger partial charge in [0.25, 0.3) is 0 Å². The summed E-state index contributed by atoms with van der Waals surface area (Å²) in [5.41, 5.74) is 3.37. The predicted molar refractivity (Wildman–Crippen MR) is 115 cm³/mol. The van der Waals surface area contributed by atoms with E-state index in [1.165, 1.54) is 0 Å². The summed E-state index contributed by atoms with van der Waals surface area (Å²) in [6.45, 7) is 13.5. The van der Waals surface area contributed by atoms with Crippen molar-refractivity contribution in [1.82, 2.24) is 14.8 Å². The number of rotatable bonds is 7. The third-order valence-corrected chi connectivity index (χ3v) is 5.30. The topological polar surface area (TPSA) is 88.7 Å². The van der Waals surface area contributed by atoms with E-state index in [-0.39, 0.29) is 11.8 Å². The van der Waals surface area contributed by atoms with Gasteiger partial charge >= 0.3 is 5.97 Å². The van der Waals surface area contributed by atoms with E-state index in [4.69, 9.17) is 0 Å². The molecule has 7 nitrogen and oxygen atoms in total. The van der Waals surface area contributed by atoms with Crippen molar-refractivity contribution in [3.63, 3.8) is 0 Å². The highest BCUT2D eigenvalue weighted by atomic mass is 16.4. The number of amides is 1. The van der Waals surface area contributed by atoms with Crippen molar-refractivity contribution in [1.29, 1.82) is 0 Å². The smallest absolute Gasteiger partial charge is 0.325 e. The first-order valence-electron chi connectivity index (χ1n) is 10.0. The summed E-state index contributed by atoms with van der Waals surface area (Å²) in [4.78, 5) is 31.7. The van der Waals surface area contributed by atoms with Crippen LogP contribution in [0.1, 0.15) is 32.4 Å². The minimum atomic E-state index is -0.865. The monoisotopic (exact) mass is 398 g/mol. The number of benzene rings is 1. The van der Waals surface area contributed by atoms with Crippen molar-refractivity contribution >= 4 is 28.5 Å². The van der Waals surface area contributed by atoms with E-state index in [2.05, 4.69) is 21.8 Å². The molecule has 0 spiro atoms. The summed E-state index contributed by atoms with van der Waals surface area (Å²) < 4.78 is 0. The molecule has 1 aromatic heterocycles. The molecule has 7 heteroatoms. The molecule has 0 bridgehead atoms. The maximum atomic E-state index is 12.2. The van der Waals surface area contributed by atoms with Crippen LogP contribution in [-0.2, 0) is 9.59 Å². The van der Waals surface area contributed by atoms with Crippen molar-refractivity contribution in [3.05, 3.63) is 42.1 Å². The van der Waals surface area contributed by atoms with E-state index in [0.29, 0.717) is 18.8 Å². The summed E-state index contributed by atoms with van der Waals surface area (Å²) in [7, 11) is 0. The number of aromatic nitrogens is 1. The lowest BCUT2D eigenvalue weighted by molar-refractivity contribution is -0.144. The molecule has 0 radical (unpaired) electrons. The van der Waals surface area contributed by atoms with Crippen LogP contribution in [0.2, 0.25) is 0 Å². The normalized spacial score (nSPS) is 16.8. The van der Waals surface area contributed by atoms with Crippen molar-refractivity contribution in [2.75, 3.05) is 38.0 Å². The van der Waals surface area contributed by atoms with Crippen LogP contribution in [0.15, 0.2) is 36.5 Å². The summed E-state index contributed by atoms with van der Waals surface area (Å²) >= 11 is 0. The van der Waals surface area contributed by atoms with Gasteiger partial charge in [-0.3, -0.25) is 19.4 Å². The van der Waals surface area contributed by atoms with Gasteiger partial charge in [-0.05, 0) is 25.1 Å². The fraction of sp³-hybridized carbons (Fsp3) is 0.455. The summed E-state index contributed by atoms with van der Waals surface area (Å²) in [6.07, 6.45) is 1.78. The highest BCUT2D eigenvalue weighted by Crippen LogP contribution is 2.31. The van der Waals surface area contributed by atoms with Gasteiger partial charge in [-0.1, -0.05) is 26.0 Å². The number of piperazine rings is 1. The first-order valence-corrected chi connectivity index (χ1v) is 10.0. The van der Waals surface area contributed by atoms with Gasteiger partial charge < -0.3 is 15.4 Å². The number of aliphatic carboxylic acids is 1. The second-order valence-corrected chi connectivity index (χ2v) is 8.16. The lowest BCUT2D eigenvalue weighted by atomic mass is 10.0. The van der Waals surface area contributed by atoms with Crippen LogP contribution in [0.25, 0.3) is 10.9 Å². The second kappa shape index (κ2) is 8.80. The molecule has 1 aliphatic rings. The molecule has 156 valence electrons. The molecular weight excluding hydrogens is 368 g/mol. The fourth-order valence-electron chi connectivity index (χ4n) is 3.78. The number of nitrogens with one attached hydrogen (secondary N) is 2. The highest BCUT2D eigenvalue weighted by molar-refractivity contribution is 5.96. The van der Waals surface area contributed by atoms with Crippen molar-refractivity contribution in [2.45, 2.75) is 26.8 Å². The molecule has 2 heterocycles. The Morgan fingerprint density at radius 1 is 1.24 bits per heavy atom. The zero-order valence-electron chi connectivity index (χ0n) is 17.4. The van der Waals surface area contributed by atoms with Gasteiger partial charge in [-0.25, -0.2) is 0 Å². The number of carboxylic acid groups (broad SMARTS) is 1. The second-order valence-electron chi connectivity index (χ2n) is 8.16. The Morgan fingerprint density at radius 2 is 1.93 bits per heavy atom. The average Bonchev–Trinajstić information content (AvgIpc) is 3.05. The zero-order chi connectivity index (χ0) is 21.1. The Hall–Kier alpha value is -2.64.